The molecule has 1 aromatic carbocycles. The van der Waals surface area contributed by atoms with E-state index in [0.717, 1.165) is 12.8 Å². The van der Waals surface area contributed by atoms with Gasteiger partial charge in [-0.3, -0.25) is 9.59 Å². The Morgan fingerprint density at radius 2 is 2.04 bits per heavy atom. The van der Waals surface area contributed by atoms with Crippen LogP contribution in [0.25, 0.3) is 0 Å². The van der Waals surface area contributed by atoms with E-state index in [2.05, 4.69) is 15.5 Å². The highest BCUT2D eigenvalue weighted by atomic mass is 16.5. The Bertz CT molecular complexity index is 770. The predicted octanol–water partition coefficient (Wildman–Crippen LogP) is 2.30. The highest BCUT2D eigenvalue weighted by molar-refractivity contribution is 5.98. The maximum absolute atomic E-state index is 12.2. The summed E-state index contributed by atoms with van der Waals surface area (Å²) in [5.41, 5.74) is 0.912. The van der Waals surface area contributed by atoms with Crippen LogP contribution in [0.15, 0.2) is 22.7 Å². The number of hydrogen-bond donors (Lipinski definition) is 1. The Morgan fingerprint density at radius 3 is 2.69 bits per heavy atom. The summed E-state index contributed by atoms with van der Waals surface area (Å²) in [6.07, 6.45) is 2.21. The van der Waals surface area contributed by atoms with Crippen molar-refractivity contribution in [2.45, 2.75) is 32.6 Å². The third-order valence-corrected chi connectivity index (χ3v) is 3.68. The number of carbonyl (C=O) groups excluding carboxylic acids is 2. The van der Waals surface area contributed by atoms with Gasteiger partial charge < -0.3 is 19.5 Å². The molecule has 0 aliphatic rings. The summed E-state index contributed by atoms with van der Waals surface area (Å²) in [6, 6.07) is 4.91. The van der Waals surface area contributed by atoms with Gasteiger partial charge in [-0.1, -0.05) is 12.1 Å². The second-order valence-electron chi connectivity index (χ2n) is 6.02. The second-order valence-corrected chi connectivity index (χ2v) is 6.02. The van der Waals surface area contributed by atoms with E-state index in [0.29, 0.717) is 35.1 Å². The topological polar surface area (TPSA) is 97.6 Å². The summed E-state index contributed by atoms with van der Waals surface area (Å²) < 4.78 is 10.4. The molecule has 1 aromatic heterocycles. The molecular weight excluding hydrogens is 336 g/mol. The molecule has 0 aliphatic carbocycles. The van der Waals surface area contributed by atoms with Gasteiger partial charge in [0.1, 0.15) is 5.75 Å². The van der Waals surface area contributed by atoms with Gasteiger partial charge in [0.2, 0.25) is 11.8 Å². The zero-order chi connectivity index (χ0) is 19.1. The molecule has 0 aliphatic heterocycles. The van der Waals surface area contributed by atoms with Gasteiger partial charge in [0, 0.05) is 38.9 Å². The number of hydrogen-bond acceptors (Lipinski definition) is 6. The third-order valence-electron chi connectivity index (χ3n) is 3.68. The molecule has 0 saturated heterocycles. The predicted molar refractivity (Wildman–Crippen MR) is 96.3 cm³/mol. The van der Waals surface area contributed by atoms with Gasteiger partial charge in [-0.05, 0) is 24.6 Å². The lowest BCUT2D eigenvalue weighted by Crippen LogP contribution is -2.22. The van der Waals surface area contributed by atoms with Crippen molar-refractivity contribution in [2.24, 2.45) is 0 Å². The first kappa shape index (κ1) is 19.4. The average molecular weight is 360 g/mol. The maximum atomic E-state index is 12.2. The molecule has 1 heterocycles. The summed E-state index contributed by atoms with van der Waals surface area (Å²) in [5.74, 6) is 1.19. The van der Waals surface area contributed by atoms with Gasteiger partial charge >= 0.3 is 0 Å². The summed E-state index contributed by atoms with van der Waals surface area (Å²) in [6.45, 7) is 2.03. The number of carbonyl (C=O) groups is 2. The van der Waals surface area contributed by atoms with Crippen molar-refractivity contribution >= 4 is 17.5 Å². The van der Waals surface area contributed by atoms with Crippen molar-refractivity contribution < 1.29 is 18.8 Å². The van der Waals surface area contributed by atoms with Crippen molar-refractivity contribution in [3.63, 3.8) is 0 Å². The monoisotopic (exact) mass is 360 g/mol. The quantitative estimate of drug-likeness (QED) is 0.776. The molecule has 0 bridgehead atoms. The van der Waals surface area contributed by atoms with E-state index >= 15 is 0 Å². The fourth-order valence-corrected chi connectivity index (χ4v) is 2.35. The van der Waals surface area contributed by atoms with E-state index in [1.54, 1.807) is 32.3 Å². The third kappa shape index (κ3) is 5.05. The minimum Gasteiger partial charge on any atom is -0.495 e. The van der Waals surface area contributed by atoms with E-state index in [4.69, 9.17) is 9.26 Å². The minimum absolute atomic E-state index is 0.155. The molecule has 0 unspecified atom stereocenters. The molecule has 0 saturated carbocycles. The van der Waals surface area contributed by atoms with Crippen molar-refractivity contribution in [3.05, 3.63) is 35.5 Å². The number of rotatable bonds is 8. The van der Waals surface area contributed by atoms with Crippen LogP contribution in [0.2, 0.25) is 0 Å². The van der Waals surface area contributed by atoms with Gasteiger partial charge in [-0.2, -0.15) is 4.98 Å². The fraction of sp³-hybridized carbons (Fsp3) is 0.444. The standard InChI is InChI=1S/C18H24N4O4/c1-5-6-15-20-17(26-21-15)10-9-16(23)19-13-11-12(18(24)22(2)3)7-8-14(13)25-4/h7-8,11H,5-6,9-10H2,1-4H3,(H,19,23). The van der Waals surface area contributed by atoms with Crippen LogP contribution in [0.5, 0.6) is 5.75 Å². The van der Waals surface area contributed by atoms with Gasteiger partial charge in [0.15, 0.2) is 5.82 Å². The summed E-state index contributed by atoms with van der Waals surface area (Å²) in [5, 5.41) is 6.64. The molecule has 140 valence electrons. The van der Waals surface area contributed by atoms with Crippen molar-refractivity contribution in [1.29, 1.82) is 0 Å². The summed E-state index contributed by atoms with van der Waals surface area (Å²) in [4.78, 5) is 30.0. The number of nitrogens with one attached hydrogen (secondary N) is 1. The van der Waals surface area contributed by atoms with Crippen molar-refractivity contribution in [3.8, 4) is 5.75 Å². The summed E-state index contributed by atoms with van der Waals surface area (Å²) >= 11 is 0. The van der Waals surface area contributed by atoms with E-state index in [1.807, 2.05) is 6.92 Å². The Hall–Kier alpha value is -2.90. The molecule has 0 radical (unpaired) electrons. The normalized spacial score (nSPS) is 10.5. The van der Waals surface area contributed by atoms with Crippen LogP contribution in [0.1, 0.15) is 41.8 Å². The lowest BCUT2D eigenvalue weighted by atomic mass is 10.1. The van der Waals surface area contributed by atoms with Crippen LogP contribution in [0, 0.1) is 0 Å². The van der Waals surface area contributed by atoms with E-state index in [-0.39, 0.29) is 18.2 Å². The molecule has 8 nitrogen and oxygen atoms in total. The van der Waals surface area contributed by atoms with Gasteiger partial charge in [-0.25, -0.2) is 0 Å². The Morgan fingerprint density at radius 1 is 1.27 bits per heavy atom. The van der Waals surface area contributed by atoms with Crippen LogP contribution in [0.4, 0.5) is 5.69 Å². The van der Waals surface area contributed by atoms with Crippen LogP contribution < -0.4 is 10.1 Å². The first-order chi connectivity index (χ1) is 12.4. The zero-order valence-electron chi connectivity index (χ0n) is 15.5. The van der Waals surface area contributed by atoms with Gasteiger partial charge in [0.05, 0.1) is 12.8 Å². The van der Waals surface area contributed by atoms with E-state index in [1.165, 1.54) is 12.0 Å². The molecule has 2 amide bonds. The van der Waals surface area contributed by atoms with Crippen LogP contribution in [-0.2, 0) is 17.6 Å². The minimum atomic E-state index is -0.229. The number of anilines is 1. The Balaban J connectivity index is 2.02. The van der Waals surface area contributed by atoms with Crippen LogP contribution in [-0.4, -0.2) is 48.1 Å². The highest BCUT2D eigenvalue weighted by Gasteiger charge is 2.15. The summed E-state index contributed by atoms with van der Waals surface area (Å²) in [7, 11) is 4.84. The zero-order valence-corrected chi connectivity index (χ0v) is 15.5. The average Bonchev–Trinajstić information content (AvgIpc) is 3.07. The van der Waals surface area contributed by atoms with Crippen molar-refractivity contribution in [1.82, 2.24) is 15.0 Å². The van der Waals surface area contributed by atoms with Gasteiger partial charge in [0.25, 0.3) is 5.91 Å². The molecule has 2 rings (SSSR count). The molecule has 0 spiro atoms. The van der Waals surface area contributed by atoms with Crippen LogP contribution >= 0.6 is 0 Å². The Kier molecular flexibility index (Phi) is 6.71. The molecule has 2 aromatic rings. The number of ether oxygens (including phenoxy) is 1. The first-order valence-electron chi connectivity index (χ1n) is 8.45. The number of methoxy groups -OCH3 is 1. The van der Waals surface area contributed by atoms with Crippen LogP contribution in [0.3, 0.4) is 0 Å². The number of nitrogens with zero attached hydrogens (tertiary/aromatic N) is 3. The van der Waals surface area contributed by atoms with E-state index in [9.17, 15) is 9.59 Å². The second kappa shape index (κ2) is 8.98. The van der Waals surface area contributed by atoms with E-state index < -0.39 is 0 Å². The maximum Gasteiger partial charge on any atom is 0.253 e. The molecule has 8 heteroatoms. The van der Waals surface area contributed by atoms with Gasteiger partial charge in [-0.15, -0.1) is 0 Å². The molecule has 0 fully saturated rings. The van der Waals surface area contributed by atoms with Crippen molar-refractivity contribution in [2.75, 3.05) is 26.5 Å². The fourth-order valence-electron chi connectivity index (χ4n) is 2.35. The number of aromatic nitrogens is 2. The number of amides is 2. The Labute approximate surface area is 152 Å². The number of benzene rings is 1. The largest absolute Gasteiger partial charge is 0.495 e. The number of aryl methyl sites for hydroxylation is 2. The lowest BCUT2D eigenvalue weighted by Gasteiger charge is -2.14. The first-order valence-corrected chi connectivity index (χ1v) is 8.45. The molecule has 26 heavy (non-hydrogen) atoms. The smallest absolute Gasteiger partial charge is 0.253 e. The lowest BCUT2D eigenvalue weighted by molar-refractivity contribution is -0.116. The molecular formula is C18H24N4O4. The molecule has 0 atom stereocenters. The highest BCUT2D eigenvalue weighted by Crippen LogP contribution is 2.26. The molecule has 1 N–H and O–H groups in total. The SMILES string of the molecule is CCCc1noc(CCC(=O)Nc2cc(C(=O)N(C)C)ccc2OC)n1.